The maximum Gasteiger partial charge on any atom is 0.00956 e. The molecule has 0 saturated heterocycles. The van der Waals surface area contributed by atoms with Crippen LogP contribution in [0.4, 0.5) is 0 Å². The quantitative estimate of drug-likeness (QED) is 0.520. The highest BCUT2D eigenvalue weighted by Crippen LogP contribution is 2.34. The van der Waals surface area contributed by atoms with Gasteiger partial charge < -0.3 is 5.32 Å². The predicted octanol–water partition coefficient (Wildman–Crippen LogP) is 3.98. The number of nitrogens with one attached hydrogen (secondary N) is 1. The number of rotatable bonds is 7. The summed E-state index contributed by atoms with van der Waals surface area (Å²) < 4.78 is 0. The van der Waals surface area contributed by atoms with Gasteiger partial charge in [0.1, 0.15) is 0 Å². The Kier molecular flexibility index (Phi) is 7.37. The Hall–Kier alpha value is -0.480. The van der Waals surface area contributed by atoms with Crippen LogP contribution in [0.2, 0.25) is 0 Å². The van der Waals surface area contributed by atoms with Gasteiger partial charge in [0.2, 0.25) is 0 Å². The highest BCUT2D eigenvalue weighted by atomic mass is 14.9. The number of hydrogen-bond acceptors (Lipinski definition) is 1. The summed E-state index contributed by atoms with van der Waals surface area (Å²) in [6, 6.07) is 0.711. The van der Waals surface area contributed by atoms with E-state index in [1.165, 1.54) is 44.9 Å². The first-order chi connectivity index (χ1) is 8.31. The van der Waals surface area contributed by atoms with Crippen LogP contribution in [0.5, 0.6) is 0 Å². The Labute approximate surface area is 108 Å². The van der Waals surface area contributed by atoms with Gasteiger partial charge in [0.05, 0.1) is 0 Å². The molecule has 0 amide bonds. The van der Waals surface area contributed by atoms with E-state index in [0.717, 1.165) is 24.8 Å². The SMILES string of the molecule is C#CCCCC(NCC)C1CCCC(CC)C1. The fourth-order valence-corrected chi connectivity index (χ4v) is 3.26. The molecule has 17 heavy (non-hydrogen) atoms. The van der Waals surface area contributed by atoms with Gasteiger partial charge in [0.15, 0.2) is 0 Å². The summed E-state index contributed by atoms with van der Waals surface area (Å²) in [6.07, 6.45) is 15.8. The molecule has 0 spiro atoms. The van der Waals surface area contributed by atoms with Crippen LogP contribution < -0.4 is 5.32 Å². The monoisotopic (exact) mass is 235 g/mol. The Bertz CT molecular complexity index is 228. The maximum absolute atomic E-state index is 5.34. The van der Waals surface area contributed by atoms with E-state index in [4.69, 9.17) is 6.42 Å². The van der Waals surface area contributed by atoms with Crippen LogP contribution in [0.3, 0.4) is 0 Å². The third-order valence-corrected chi connectivity index (χ3v) is 4.27. The summed E-state index contributed by atoms with van der Waals surface area (Å²) in [6.45, 7) is 5.65. The van der Waals surface area contributed by atoms with Crippen LogP contribution in [0, 0.1) is 24.2 Å². The van der Waals surface area contributed by atoms with Crippen LogP contribution in [0.15, 0.2) is 0 Å². The van der Waals surface area contributed by atoms with E-state index in [2.05, 4.69) is 25.1 Å². The lowest BCUT2D eigenvalue weighted by Crippen LogP contribution is -2.38. The van der Waals surface area contributed by atoms with E-state index in [1.54, 1.807) is 0 Å². The fourth-order valence-electron chi connectivity index (χ4n) is 3.26. The van der Waals surface area contributed by atoms with Crippen molar-refractivity contribution in [2.75, 3.05) is 6.54 Å². The average molecular weight is 235 g/mol. The number of hydrogen-bond donors (Lipinski definition) is 1. The molecular weight excluding hydrogens is 206 g/mol. The Morgan fingerprint density at radius 1 is 1.35 bits per heavy atom. The summed E-state index contributed by atoms with van der Waals surface area (Å²) in [5.74, 6) is 4.63. The Morgan fingerprint density at radius 2 is 2.18 bits per heavy atom. The molecule has 1 fully saturated rings. The van der Waals surface area contributed by atoms with Gasteiger partial charge in [0.25, 0.3) is 0 Å². The van der Waals surface area contributed by atoms with Gasteiger partial charge >= 0.3 is 0 Å². The smallest absolute Gasteiger partial charge is 0.00956 e. The molecular formula is C16H29N. The predicted molar refractivity (Wildman–Crippen MR) is 75.9 cm³/mol. The largest absolute Gasteiger partial charge is 0.314 e. The lowest BCUT2D eigenvalue weighted by atomic mass is 9.76. The second-order valence-electron chi connectivity index (χ2n) is 5.46. The lowest BCUT2D eigenvalue weighted by Gasteiger charge is -2.34. The number of terminal acetylenes is 1. The second-order valence-corrected chi connectivity index (χ2v) is 5.46. The zero-order valence-electron chi connectivity index (χ0n) is 11.7. The molecule has 0 aromatic rings. The van der Waals surface area contributed by atoms with Crippen molar-refractivity contribution in [1.82, 2.24) is 5.32 Å². The molecule has 1 aliphatic rings. The van der Waals surface area contributed by atoms with Crippen molar-refractivity contribution >= 4 is 0 Å². The molecule has 0 aromatic heterocycles. The van der Waals surface area contributed by atoms with Crippen molar-refractivity contribution in [3.8, 4) is 12.3 Å². The normalized spacial score (nSPS) is 26.4. The van der Waals surface area contributed by atoms with Crippen molar-refractivity contribution < 1.29 is 0 Å². The van der Waals surface area contributed by atoms with Crippen molar-refractivity contribution in [3.63, 3.8) is 0 Å². The van der Waals surface area contributed by atoms with E-state index >= 15 is 0 Å². The molecule has 1 N–H and O–H groups in total. The van der Waals surface area contributed by atoms with E-state index in [-0.39, 0.29) is 0 Å². The minimum absolute atomic E-state index is 0.711. The first-order valence-corrected chi connectivity index (χ1v) is 7.48. The van der Waals surface area contributed by atoms with Crippen molar-refractivity contribution in [2.45, 2.75) is 71.3 Å². The van der Waals surface area contributed by atoms with Gasteiger partial charge in [-0.05, 0) is 44.1 Å². The van der Waals surface area contributed by atoms with Crippen molar-refractivity contribution in [2.24, 2.45) is 11.8 Å². The minimum atomic E-state index is 0.711. The molecule has 3 unspecified atom stereocenters. The Morgan fingerprint density at radius 3 is 2.82 bits per heavy atom. The van der Waals surface area contributed by atoms with Gasteiger partial charge in [0, 0.05) is 12.5 Å². The van der Waals surface area contributed by atoms with E-state index in [1.807, 2.05) is 0 Å². The molecule has 0 radical (unpaired) electrons. The summed E-state index contributed by atoms with van der Waals surface area (Å²) >= 11 is 0. The van der Waals surface area contributed by atoms with Crippen molar-refractivity contribution in [1.29, 1.82) is 0 Å². The third-order valence-electron chi connectivity index (χ3n) is 4.27. The van der Waals surface area contributed by atoms with E-state index in [0.29, 0.717) is 6.04 Å². The zero-order valence-corrected chi connectivity index (χ0v) is 11.7. The maximum atomic E-state index is 5.34. The van der Waals surface area contributed by atoms with Crippen LogP contribution >= 0.6 is 0 Å². The fraction of sp³-hybridized carbons (Fsp3) is 0.875. The third kappa shape index (κ3) is 5.13. The summed E-state index contributed by atoms with van der Waals surface area (Å²) in [5, 5.41) is 3.69. The van der Waals surface area contributed by atoms with Gasteiger partial charge in [-0.25, -0.2) is 0 Å². The lowest BCUT2D eigenvalue weighted by molar-refractivity contribution is 0.202. The summed E-state index contributed by atoms with van der Waals surface area (Å²) in [7, 11) is 0. The van der Waals surface area contributed by atoms with Gasteiger partial charge in [-0.2, -0.15) is 0 Å². The summed E-state index contributed by atoms with van der Waals surface area (Å²) in [5.41, 5.74) is 0. The molecule has 1 nitrogen and oxygen atoms in total. The standard InChI is InChI=1S/C16H29N/c1-4-7-8-12-16(17-6-3)15-11-9-10-14(5-2)13-15/h1,14-17H,5-13H2,2-3H3. The molecule has 1 saturated carbocycles. The van der Waals surface area contributed by atoms with Crippen LogP contribution in [-0.4, -0.2) is 12.6 Å². The Balaban J connectivity index is 2.41. The zero-order chi connectivity index (χ0) is 12.5. The molecule has 0 aromatic carbocycles. The minimum Gasteiger partial charge on any atom is -0.314 e. The van der Waals surface area contributed by atoms with Gasteiger partial charge in [-0.1, -0.05) is 33.1 Å². The molecule has 0 aliphatic heterocycles. The molecule has 98 valence electrons. The van der Waals surface area contributed by atoms with E-state index < -0.39 is 0 Å². The van der Waals surface area contributed by atoms with Crippen LogP contribution in [-0.2, 0) is 0 Å². The highest BCUT2D eigenvalue weighted by Gasteiger charge is 2.26. The molecule has 3 atom stereocenters. The molecule has 0 heterocycles. The van der Waals surface area contributed by atoms with Gasteiger partial charge in [-0.3, -0.25) is 0 Å². The molecule has 1 heteroatoms. The first-order valence-electron chi connectivity index (χ1n) is 7.48. The topological polar surface area (TPSA) is 12.0 Å². The molecule has 1 aliphatic carbocycles. The molecule has 0 bridgehead atoms. The summed E-state index contributed by atoms with van der Waals surface area (Å²) in [4.78, 5) is 0. The first kappa shape index (κ1) is 14.6. The van der Waals surface area contributed by atoms with E-state index in [9.17, 15) is 0 Å². The average Bonchev–Trinajstić information content (AvgIpc) is 2.38. The second kappa shape index (κ2) is 8.59. The van der Waals surface area contributed by atoms with Crippen LogP contribution in [0.25, 0.3) is 0 Å². The number of unbranched alkanes of at least 4 members (excludes halogenated alkanes) is 1. The molecule has 1 rings (SSSR count). The highest BCUT2D eigenvalue weighted by molar-refractivity contribution is 4.86. The van der Waals surface area contributed by atoms with Crippen LogP contribution in [0.1, 0.15) is 65.2 Å². The van der Waals surface area contributed by atoms with Gasteiger partial charge in [-0.15, -0.1) is 12.3 Å². The van der Waals surface area contributed by atoms with Crippen molar-refractivity contribution in [3.05, 3.63) is 0 Å².